The largest absolute Gasteiger partial charge is 0.310 e. The topological polar surface area (TPSA) is 15.3 Å². The molecule has 16 heavy (non-hydrogen) atoms. The molecule has 0 aromatic carbocycles. The molecule has 0 bridgehead atoms. The van der Waals surface area contributed by atoms with Crippen LogP contribution in [-0.2, 0) is 0 Å². The van der Waals surface area contributed by atoms with Gasteiger partial charge in [-0.05, 0) is 45.2 Å². The molecule has 0 radical (unpaired) electrons. The van der Waals surface area contributed by atoms with Crippen molar-refractivity contribution in [2.75, 3.05) is 19.6 Å². The summed E-state index contributed by atoms with van der Waals surface area (Å²) in [5.41, 5.74) is 0. The lowest BCUT2D eigenvalue weighted by molar-refractivity contribution is 0.188. The molecule has 1 rings (SSSR count). The van der Waals surface area contributed by atoms with Crippen LogP contribution >= 0.6 is 0 Å². The minimum absolute atomic E-state index is 0.680. The number of hydrogen-bond donors (Lipinski definition) is 1. The van der Waals surface area contributed by atoms with E-state index < -0.39 is 0 Å². The molecule has 0 aromatic heterocycles. The first-order valence-electron chi connectivity index (χ1n) is 6.89. The summed E-state index contributed by atoms with van der Waals surface area (Å²) in [4.78, 5) is 2.56. The second-order valence-corrected chi connectivity index (χ2v) is 4.87. The first-order valence-corrected chi connectivity index (χ1v) is 6.89. The van der Waals surface area contributed by atoms with Crippen LogP contribution in [0.3, 0.4) is 0 Å². The molecule has 2 nitrogen and oxygen atoms in total. The maximum absolute atomic E-state index is 3.82. The van der Waals surface area contributed by atoms with Crippen LogP contribution in [0.2, 0.25) is 0 Å². The summed E-state index contributed by atoms with van der Waals surface area (Å²) in [6.45, 7) is 12.1. The summed E-state index contributed by atoms with van der Waals surface area (Å²) in [7, 11) is 0. The van der Waals surface area contributed by atoms with Crippen molar-refractivity contribution in [1.82, 2.24) is 10.2 Å². The molecule has 0 aliphatic carbocycles. The highest BCUT2D eigenvalue weighted by Gasteiger charge is 2.20. The zero-order valence-electron chi connectivity index (χ0n) is 11.0. The quantitative estimate of drug-likeness (QED) is 0.669. The summed E-state index contributed by atoms with van der Waals surface area (Å²) in [5, 5.41) is 3.82. The average Bonchev–Trinajstić information content (AvgIpc) is 2.34. The highest BCUT2D eigenvalue weighted by atomic mass is 15.2. The summed E-state index contributed by atoms with van der Waals surface area (Å²) in [6.07, 6.45) is 8.34. The van der Waals surface area contributed by atoms with Crippen LogP contribution in [0.4, 0.5) is 0 Å². The van der Waals surface area contributed by atoms with Crippen molar-refractivity contribution in [2.45, 2.75) is 58.0 Å². The van der Waals surface area contributed by atoms with E-state index in [1.807, 2.05) is 6.08 Å². The summed E-state index contributed by atoms with van der Waals surface area (Å²) >= 11 is 0. The van der Waals surface area contributed by atoms with Crippen LogP contribution in [0.5, 0.6) is 0 Å². The SMILES string of the molecule is C=CCCC(CC)NC1CCCN(CC)C1. The predicted molar refractivity (Wildman–Crippen MR) is 71.8 cm³/mol. The molecule has 1 aliphatic heterocycles. The first-order chi connectivity index (χ1) is 7.80. The van der Waals surface area contributed by atoms with Gasteiger partial charge >= 0.3 is 0 Å². The van der Waals surface area contributed by atoms with Crippen molar-refractivity contribution in [3.63, 3.8) is 0 Å². The molecule has 94 valence electrons. The second kappa shape index (κ2) is 7.86. The Hall–Kier alpha value is -0.340. The van der Waals surface area contributed by atoms with E-state index in [2.05, 4.69) is 30.6 Å². The first kappa shape index (κ1) is 13.7. The van der Waals surface area contributed by atoms with Gasteiger partial charge in [-0.15, -0.1) is 6.58 Å². The minimum atomic E-state index is 0.680. The zero-order valence-corrected chi connectivity index (χ0v) is 11.0. The Morgan fingerprint density at radius 1 is 1.50 bits per heavy atom. The van der Waals surface area contributed by atoms with Crippen LogP contribution in [0, 0.1) is 0 Å². The molecule has 0 saturated carbocycles. The van der Waals surface area contributed by atoms with Crippen molar-refractivity contribution < 1.29 is 0 Å². The fourth-order valence-electron chi connectivity index (χ4n) is 2.54. The third-order valence-corrected chi connectivity index (χ3v) is 3.64. The second-order valence-electron chi connectivity index (χ2n) is 4.87. The standard InChI is InChI=1S/C14H28N2/c1-4-7-9-13(5-2)15-14-10-8-11-16(6-3)12-14/h4,13-15H,1,5-12H2,2-3H3. The van der Waals surface area contributed by atoms with Crippen LogP contribution in [-0.4, -0.2) is 36.6 Å². The number of rotatable bonds is 7. The van der Waals surface area contributed by atoms with Crippen molar-refractivity contribution in [2.24, 2.45) is 0 Å². The fourth-order valence-corrected chi connectivity index (χ4v) is 2.54. The lowest BCUT2D eigenvalue weighted by atomic mass is 10.0. The Morgan fingerprint density at radius 2 is 2.31 bits per heavy atom. The number of hydrogen-bond acceptors (Lipinski definition) is 2. The normalized spacial score (nSPS) is 24.2. The van der Waals surface area contributed by atoms with E-state index in [0.29, 0.717) is 12.1 Å². The van der Waals surface area contributed by atoms with Gasteiger partial charge in [0.25, 0.3) is 0 Å². The number of nitrogens with zero attached hydrogens (tertiary/aromatic N) is 1. The average molecular weight is 224 g/mol. The van der Waals surface area contributed by atoms with Gasteiger partial charge in [-0.25, -0.2) is 0 Å². The van der Waals surface area contributed by atoms with Crippen LogP contribution < -0.4 is 5.32 Å². The predicted octanol–water partition coefficient (Wildman–Crippen LogP) is 2.81. The zero-order chi connectivity index (χ0) is 11.8. The van der Waals surface area contributed by atoms with Gasteiger partial charge in [0, 0.05) is 18.6 Å². The van der Waals surface area contributed by atoms with E-state index in [-0.39, 0.29) is 0 Å². The van der Waals surface area contributed by atoms with Gasteiger partial charge in [-0.3, -0.25) is 0 Å². The highest BCUT2D eigenvalue weighted by molar-refractivity contribution is 4.82. The van der Waals surface area contributed by atoms with Crippen molar-refractivity contribution in [3.8, 4) is 0 Å². The lowest BCUT2D eigenvalue weighted by Crippen LogP contribution is -2.48. The maximum atomic E-state index is 3.82. The van der Waals surface area contributed by atoms with Crippen LogP contribution in [0.1, 0.15) is 46.0 Å². The summed E-state index contributed by atoms with van der Waals surface area (Å²) < 4.78 is 0. The molecule has 0 aromatic rings. The molecule has 0 spiro atoms. The molecule has 1 saturated heterocycles. The Kier molecular flexibility index (Phi) is 6.74. The van der Waals surface area contributed by atoms with Crippen LogP contribution in [0.25, 0.3) is 0 Å². The molecule has 2 unspecified atom stereocenters. The fraction of sp³-hybridized carbons (Fsp3) is 0.857. The summed E-state index contributed by atoms with van der Waals surface area (Å²) in [6, 6.07) is 1.39. The molecular formula is C14H28N2. The van der Waals surface area contributed by atoms with Gasteiger partial charge in [-0.2, -0.15) is 0 Å². The molecule has 0 amide bonds. The Bertz CT molecular complexity index is 191. The van der Waals surface area contributed by atoms with E-state index in [1.165, 1.54) is 45.3 Å². The van der Waals surface area contributed by atoms with E-state index in [0.717, 1.165) is 6.42 Å². The van der Waals surface area contributed by atoms with Crippen LogP contribution in [0.15, 0.2) is 12.7 Å². The lowest BCUT2D eigenvalue weighted by Gasteiger charge is -2.34. The number of likely N-dealkylation sites (N-methyl/N-ethyl adjacent to an activating group) is 1. The third kappa shape index (κ3) is 4.67. The van der Waals surface area contributed by atoms with Gasteiger partial charge < -0.3 is 10.2 Å². The van der Waals surface area contributed by atoms with Gasteiger partial charge in [0.15, 0.2) is 0 Å². The Balaban J connectivity index is 2.29. The minimum Gasteiger partial charge on any atom is -0.310 e. The Labute approximate surface area is 101 Å². The number of nitrogens with one attached hydrogen (secondary N) is 1. The van der Waals surface area contributed by atoms with Gasteiger partial charge in [0.1, 0.15) is 0 Å². The monoisotopic (exact) mass is 224 g/mol. The highest BCUT2D eigenvalue weighted by Crippen LogP contribution is 2.12. The molecule has 1 fully saturated rings. The number of piperidine rings is 1. The van der Waals surface area contributed by atoms with Gasteiger partial charge in [-0.1, -0.05) is 19.9 Å². The number of allylic oxidation sites excluding steroid dienone is 1. The molecule has 2 atom stereocenters. The molecule has 2 heteroatoms. The smallest absolute Gasteiger partial charge is 0.0198 e. The number of likely N-dealkylation sites (tertiary alicyclic amines) is 1. The van der Waals surface area contributed by atoms with Crippen molar-refractivity contribution >= 4 is 0 Å². The van der Waals surface area contributed by atoms with E-state index in [1.54, 1.807) is 0 Å². The van der Waals surface area contributed by atoms with Gasteiger partial charge in [0.05, 0.1) is 0 Å². The summed E-state index contributed by atoms with van der Waals surface area (Å²) in [5.74, 6) is 0. The maximum Gasteiger partial charge on any atom is 0.0198 e. The molecule has 1 aliphatic rings. The van der Waals surface area contributed by atoms with Crippen molar-refractivity contribution in [3.05, 3.63) is 12.7 Å². The van der Waals surface area contributed by atoms with E-state index >= 15 is 0 Å². The van der Waals surface area contributed by atoms with Gasteiger partial charge in [0.2, 0.25) is 0 Å². The molecule has 1 heterocycles. The van der Waals surface area contributed by atoms with E-state index in [9.17, 15) is 0 Å². The molecule has 1 N–H and O–H groups in total. The van der Waals surface area contributed by atoms with E-state index in [4.69, 9.17) is 0 Å². The molecular weight excluding hydrogens is 196 g/mol. The Morgan fingerprint density at radius 3 is 2.94 bits per heavy atom. The van der Waals surface area contributed by atoms with Crippen molar-refractivity contribution in [1.29, 1.82) is 0 Å². The third-order valence-electron chi connectivity index (χ3n) is 3.64.